The van der Waals surface area contributed by atoms with Crippen molar-refractivity contribution >= 4 is 5.82 Å². The van der Waals surface area contributed by atoms with Gasteiger partial charge in [-0.25, -0.2) is 0 Å². The maximum atomic E-state index is 5.55. The zero-order valence-electron chi connectivity index (χ0n) is 7.17. The molecule has 62 valence electrons. The van der Waals surface area contributed by atoms with Gasteiger partial charge in [0.15, 0.2) is 0 Å². The van der Waals surface area contributed by atoms with Gasteiger partial charge >= 0.3 is 0 Å². The van der Waals surface area contributed by atoms with Crippen LogP contribution < -0.4 is 5.73 Å². The zero-order chi connectivity index (χ0) is 8.27. The number of hydrogen-bond donors (Lipinski definition) is 1. The summed E-state index contributed by atoms with van der Waals surface area (Å²) in [4.78, 5) is 0. The Morgan fingerprint density at radius 1 is 1.55 bits per heavy atom. The molecule has 0 amide bonds. The Kier molecular flexibility index (Phi) is 2.52. The van der Waals surface area contributed by atoms with E-state index in [1.165, 1.54) is 5.69 Å². The van der Waals surface area contributed by atoms with Gasteiger partial charge in [0.2, 0.25) is 0 Å². The minimum absolute atomic E-state index is 0.635. The highest BCUT2D eigenvalue weighted by Gasteiger charge is 2.01. The molecule has 0 fully saturated rings. The van der Waals surface area contributed by atoms with Gasteiger partial charge in [0, 0.05) is 18.3 Å². The van der Waals surface area contributed by atoms with Crippen molar-refractivity contribution in [2.75, 3.05) is 5.73 Å². The Balaban J connectivity index is 2.83. The maximum absolute atomic E-state index is 5.55. The zero-order valence-corrected chi connectivity index (χ0v) is 7.17. The van der Waals surface area contributed by atoms with Crippen LogP contribution in [0.5, 0.6) is 0 Å². The van der Waals surface area contributed by atoms with E-state index in [9.17, 15) is 0 Å². The lowest BCUT2D eigenvalue weighted by molar-refractivity contribution is 0.618. The fourth-order valence-corrected chi connectivity index (χ4v) is 1.21. The normalized spacial score (nSPS) is 10.4. The highest BCUT2D eigenvalue weighted by atomic mass is 15.3. The number of nitrogens with zero attached hydrogens (tertiary/aromatic N) is 2. The van der Waals surface area contributed by atoms with Crippen LogP contribution in [-0.2, 0) is 13.0 Å². The van der Waals surface area contributed by atoms with E-state index in [1.54, 1.807) is 0 Å². The lowest BCUT2D eigenvalue weighted by Crippen LogP contribution is -2.02. The van der Waals surface area contributed by atoms with E-state index in [0.29, 0.717) is 5.82 Å². The molecule has 0 saturated heterocycles. The smallest absolute Gasteiger partial charge is 0.145 e. The Morgan fingerprint density at radius 2 is 2.27 bits per heavy atom. The quantitative estimate of drug-likeness (QED) is 0.714. The van der Waals surface area contributed by atoms with E-state index >= 15 is 0 Å². The van der Waals surface area contributed by atoms with Crippen molar-refractivity contribution in [3.63, 3.8) is 0 Å². The molecule has 0 bridgehead atoms. The second-order valence-electron chi connectivity index (χ2n) is 2.63. The van der Waals surface area contributed by atoms with Crippen molar-refractivity contribution < 1.29 is 0 Å². The van der Waals surface area contributed by atoms with Crippen molar-refractivity contribution in [1.82, 2.24) is 9.78 Å². The molecule has 1 heterocycles. The monoisotopic (exact) mass is 153 g/mol. The number of rotatable bonds is 3. The molecule has 0 aliphatic rings. The van der Waals surface area contributed by atoms with Gasteiger partial charge in [-0.05, 0) is 13.3 Å². The fraction of sp³-hybridized carbons (Fsp3) is 0.625. The van der Waals surface area contributed by atoms with E-state index in [2.05, 4.69) is 18.9 Å². The fourth-order valence-electron chi connectivity index (χ4n) is 1.21. The number of hydrogen-bond acceptors (Lipinski definition) is 2. The van der Waals surface area contributed by atoms with Crippen molar-refractivity contribution in [2.45, 2.75) is 33.2 Å². The lowest BCUT2D eigenvalue weighted by Gasteiger charge is -2.00. The summed E-state index contributed by atoms with van der Waals surface area (Å²) in [6.07, 6.45) is 2.21. The Hall–Kier alpha value is -0.990. The first-order chi connectivity index (χ1) is 5.27. The number of anilines is 1. The minimum atomic E-state index is 0.635. The molecule has 0 saturated carbocycles. The van der Waals surface area contributed by atoms with E-state index in [1.807, 2.05) is 10.7 Å². The molecule has 0 aliphatic carbocycles. The van der Waals surface area contributed by atoms with Gasteiger partial charge in [-0.1, -0.05) is 13.3 Å². The van der Waals surface area contributed by atoms with Crippen LogP contribution in [0.2, 0.25) is 0 Å². The molecule has 11 heavy (non-hydrogen) atoms. The summed E-state index contributed by atoms with van der Waals surface area (Å²) in [7, 11) is 0. The molecule has 0 spiro atoms. The van der Waals surface area contributed by atoms with E-state index in [-0.39, 0.29) is 0 Å². The standard InChI is InChI=1S/C8H15N3/c1-3-5-7-6-8(9)10-11(7)4-2/h6H,3-5H2,1-2H3,(H2,9,10). The van der Waals surface area contributed by atoms with Crippen LogP contribution >= 0.6 is 0 Å². The summed E-state index contributed by atoms with van der Waals surface area (Å²) >= 11 is 0. The van der Waals surface area contributed by atoms with Gasteiger partial charge in [0.05, 0.1) is 0 Å². The molecule has 0 aromatic carbocycles. The van der Waals surface area contributed by atoms with Crippen LogP contribution in [-0.4, -0.2) is 9.78 Å². The molecule has 1 aromatic heterocycles. The third-order valence-corrected chi connectivity index (χ3v) is 1.69. The van der Waals surface area contributed by atoms with E-state index in [0.717, 1.165) is 19.4 Å². The Morgan fingerprint density at radius 3 is 2.82 bits per heavy atom. The van der Waals surface area contributed by atoms with Gasteiger partial charge in [-0.3, -0.25) is 4.68 Å². The summed E-state index contributed by atoms with van der Waals surface area (Å²) < 4.78 is 1.96. The first kappa shape index (κ1) is 8.11. The van der Waals surface area contributed by atoms with Crippen molar-refractivity contribution in [2.24, 2.45) is 0 Å². The number of nitrogen functional groups attached to an aromatic ring is 1. The van der Waals surface area contributed by atoms with Crippen LogP contribution in [0.15, 0.2) is 6.07 Å². The van der Waals surface area contributed by atoms with Crippen LogP contribution in [0.1, 0.15) is 26.0 Å². The van der Waals surface area contributed by atoms with Crippen molar-refractivity contribution in [3.05, 3.63) is 11.8 Å². The molecule has 3 nitrogen and oxygen atoms in total. The number of aryl methyl sites for hydroxylation is 2. The van der Waals surface area contributed by atoms with Crippen LogP contribution in [0.3, 0.4) is 0 Å². The summed E-state index contributed by atoms with van der Waals surface area (Å²) in [5.41, 5.74) is 6.80. The topological polar surface area (TPSA) is 43.8 Å². The number of nitrogens with two attached hydrogens (primary N) is 1. The van der Waals surface area contributed by atoms with Crippen LogP contribution in [0.25, 0.3) is 0 Å². The molecule has 0 atom stereocenters. The molecule has 3 heteroatoms. The molecule has 1 aromatic rings. The molecule has 0 unspecified atom stereocenters. The molecule has 0 radical (unpaired) electrons. The van der Waals surface area contributed by atoms with E-state index < -0.39 is 0 Å². The van der Waals surface area contributed by atoms with Gasteiger partial charge in [0.25, 0.3) is 0 Å². The molecular weight excluding hydrogens is 138 g/mol. The Labute approximate surface area is 67.2 Å². The summed E-state index contributed by atoms with van der Waals surface area (Å²) in [6, 6.07) is 1.95. The molecule has 1 rings (SSSR count). The van der Waals surface area contributed by atoms with Crippen molar-refractivity contribution in [3.8, 4) is 0 Å². The highest BCUT2D eigenvalue weighted by Crippen LogP contribution is 2.07. The summed E-state index contributed by atoms with van der Waals surface area (Å²) in [5, 5.41) is 4.14. The summed E-state index contributed by atoms with van der Waals surface area (Å²) in [6.45, 7) is 5.14. The molecule has 0 aliphatic heterocycles. The predicted octanol–water partition coefficient (Wildman–Crippen LogP) is 1.44. The SMILES string of the molecule is CCCc1cc(N)nn1CC. The van der Waals surface area contributed by atoms with Gasteiger partial charge in [0.1, 0.15) is 5.82 Å². The van der Waals surface area contributed by atoms with Gasteiger partial charge in [-0.2, -0.15) is 5.10 Å². The van der Waals surface area contributed by atoms with Crippen LogP contribution in [0, 0.1) is 0 Å². The van der Waals surface area contributed by atoms with Gasteiger partial charge in [-0.15, -0.1) is 0 Å². The largest absolute Gasteiger partial charge is 0.382 e. The molecule has 2 N–H and O–H groups in total. The van der Waals surface area contributed by atoms with Crippen LogP contribution in [0.4, 0.5) is 5.82 Å². The van der Waals surface area contributed by atoms with Gasteiger partial charge < -0.3 is 5.73 Å². The van der Waals surface area contributed by atoms with E-state index in [4.69, 9.17) is 5.73 Å². The second-order valence-corrected chi connectivity index (χ2v) is 2.63. The number of aromatic nitrogens is 2. The lowest BCUT2D eigenvalue weighted by atomic mass is 10.2. The molecular formula is C8H15N3. The van der Waals surface area contributed by atoms with Crippen molar-refractivity contribution in [1.29, 1.82) is 0 Å². The summed E-state index contributed by atoms with van der Waals surface area (Å²) in [5.74, 6) is 0.635. The average Bonchev–Trinajstić information content (AvgIpc) is 2.32. The average molecular weight is 153 g/mol. The minimum Gasteiger partial charge on any atom is -0.382 e. The third kappa shape index (κ3) is 1.73. The first-order valence-electron chi connectivity index (χ1n) is 4.10. The predicted molar refractivity (Wildman–Crippen MR) is 46.3 cm³/mol. The first-order valence-corrected chi connectivity index (χ1v) is 4.10. The Bertz CT molecular complexity index is 227. The maximum Gasteiger partial charge on any atom is 0.145 e. The third-order valence-electron chi connectivity index (χ3n) is 1.69. The highest BCUT2D eigenvalue weighted by molar-refractivity contribution is 5.29. The second kappa shape index (κ2) is 3.42.